The van der Waals surface area contributed by atoms with Crippen LogP contribution in [-0.2, 0) is 54.8 Å². The maximum Gasteiger partial charge on any atom is 1.00 e. The van der Waals surface area contributed by atoms with Crippen LogP contribution in [0.4, 0.5) is 35.0 Å². The summed E-state index contributed by atoms with van der Waals surface area (Å²) in [6.07, 6.45) is 17.2. The summed E-state index contributed by atoms with van der Waals surface area (Å²) >= 11 is 23.3. The molecule has 0 aliphatic heterocycles. The van der Waals surface area contributed by atoms with Gasteiger partial charge in [-0.25, -0.2) is 67.5 Å². The Kier molecular flexibility index (Phi) is 32.1. The summed E-state index contributed by atoms with van der Waals surface area (Å²) in [6.45, 7) is 13.7. The van der Waals surface area contributed by atoms with Crippen molar-refractivity contribution in [3.63, 3.8) is 0 Å². The van der Waals surface area contributed by atoms with Gasteiger partial charge in [0.1, 0.15) is 23.7 Å². The van der Waals surface area contributed by atoms with Gasteiger partial charge in [0.2, 0.25) is 21.8 Å². The molecular weight excluding hydrogens is 1860 g/mol. The Hall–Kier alpha value is -11.8. The smallest absolute Gasteiger partial charge is 0.857 e. The zero-order chi connectivity index (χ0) is 93.0. The number of halogens is 5. The fourth-order valence-corrected chi connectivity index (χ4v) is 18.8. The fourth-order valence-electron chi connectivity index (χ4n) is 14.8. The molecule has 0 bridgehead atoms. The number of nitrogens with two attached hydrogens (primary N) is 2. The van der Waals surface area contributed by atoms with Crippen LogP contribution in [0.3, 0.4) is 0 Å². The van der Waals surface area contributed by atoms with E-state index in [0.29, 0.717) is 69.0 Å². The van der Waals surface area contributed by atoms with Crippen molar-refractivity contribution in [2.45, 2.75) is 151 Å². The van der Waals surface area contributed by atoms with Crippen molar-refractivity contribution in [3.8, 4) is 0 Å². The number of aromatic amines is 2. The van der Waals surface area contributed by atoms with Crippen LogP contribution in [0.15, 0.2) is 222 Å². The van der Waals surface area contributed by atoms with Crippen molar-refractivity contribution < 1.29 is 59.9 Å². The van der Waals surface area contributed by atoms with Crippen molar-refractivity contribution in [2.24, 2.45) is 5.73 Å². The first-order valence-electron chi connectivity index (χ1n) is 41.2. The molecule has 0 spiro atoms. The Morgan fingerprint density at radius 2 is 0.833 bits per heavy atom. The van der Waals surface area contributed by atoms with Gasteiger partial charge in [-0.15, -0.1) is 10.2 Å². The molecule has 4 atom stereocenters. The minimum absolute atomic E-state index is 0. The van der Waals surface area contributed by atoms with Crippen LogP contribution in [-0.4, -0.2) is 140 Å². The first kappa shape index (κ1) is 97.8. The van der Waals surface area contributed by atoms with Crippen LogP contribution < -0.4 is 67.4 Å². The number of fused-ring (bicyclic) bond motifs is 8. The van der Waals surface area contributed by atoms with Gasteiger partial charge in [0.15, 0.2) is 67.9 Å². The van der Waals surface area contributed by atoms with E-state index < -0.39 is 29.1 Å². The molecule has 0 saturated heterocycles. The van der Waals surface area contributed by atoms with E-state index in [1.54, 1.807) is 88.7 Å². The predicted octanol–water partition coefficient (Wildman–Crippen LogP) is 13.3. The maximum atomic E-state index is 13.6. The van der Waals surface area contributed by atoms with Gasteiger partial charge in [-0.3, -0.25) is 0 Å². The van der Waals surface area contributed by atoms with Gasteiger partial charge in [0, 0.05) is 28.8 Å². The minimum Gasteiger partial charge on any atom is -0.857 e. The van der Waals surface area contributed by atoms with Crippen molar-refractivity contribution in [1.29, 1.82) is 0 Å². The van der Waals surface area contributed by atoms with Crippen LogP contribution in [0.25, 0.3) is 44.7 Å². The Morgan fingerprint density at radius 1 is 0.447 bits per heavy atom. The van der Waals surface area contributed by atoms with E-state index in [1.165, 1.54) is 75.6 Å². The number of anilines is 6. The quantitative estimate of drug-likeness (QED) is 0.0204. The van der Waals surface area contributed by atoms with Crippen LogP contribution in [0.2, 0.25) is 21.0 Å². The molecule has 0 radical (unpaired) electrons. The van der Waals surface area contributed by atoms with E-state index in [1.807, 2.05) is 72.7 Å². The van der Waals surface area contributed by atoms with E-state index in [0.717, 1.165) is 88.6 Å². The molecule has 132 heavy (non-hydrogen) atoms. The third-order valence-electron chi connectivity index (χ3n) is 21.5. The second kappa shape index (κ2) is 43.3. The Balaban J connectivity index is 0.000000140. The molecule has 44 heteroatoms. The second-order valence-corrected chi connectivity index (χ2v) is 38.6. The number of benzene rings is 7. The molecule has 4 aliphatic carbocycles. The first-order chi connectivity index (χ1) is 62.9. The number of aromatic nitrogens is 22. The molecule has 0 amide bonds. The third-order valence-corrected chi connectivity index (χ3v) is 26.9. The van der Waals surface area contributed by atoms with Crippen LogP contribution in [0, 0.1) is 20.8 Å². The summed E-state index contributed by atoms with van der Waals surface area (Å²) in [5.74, 6) is 2.67. The topological polar surface area (TPSA) is 483 Å². The van der Waals surface area contributed by atoms with E-state index in [2.05, 4.69) is 184 Å². The normalized spacial score (nSPS) is 15.0. The largest absolute Gasteiger partial charge is 1.00 e. The molecule has 17 aromatic rings. The number of hydrogen-bond donors (Lipinski definition) is 8. The molecular formula is C88H90Cl5N28NaO7S3. The summed E-state index contributed by atoms with van der Waals surface area (Å²) in [6, 6.07) is 54.2. The fraction of sp³-hybridized carbons (Fsp3) is 0.250. The van der Waals surface area contributed by atoms with Crippen molar-refractivity contribution in [3.05, 3.63) is 290 Å². The molecule has 10 N–H and O–H groups in total. The van der Waals surface area contributed by atoms with E-state index in [4.69, 9.17) is 73.7 Å². The Bertz CT molecular complexity index is 7260. The van der Waals surface area contributed by atoms with Gasteiger partial charge in [0.25, 0.3) is 29.1 Å². The van der Waals surface area contributed by atoms with Gasteiger partial charge < -0.3 is 47.8 Å². The zero-order valence-corrected chi connectivity index (χ0v) is 81.1. The Labute approximate surface area is 807 Å². The number of H-pyrrole nitrogens is 2. The maximum absolute atomic E-state index is 13.6. The zero-order valence-electron chi connectivity index (χ0n) is 72.8. The van der Waals surface area contributed by atoms with E-state index in [9.17, 15) is 25.3 Å². The molecule has 21 rings (SSSR count). The number of rotatable bonds is 15. The number of aryl methyl sites for hydroxylation is 7. The number of hydrogen-bond acceptors (Lipinski definition) is 29. The molecule has 0 saturated carbocycles. The van der Waals surface area contributed by atoms with Gasteiger partial charge in [0.05, 0.1) is 57.9 Å². The van der Waals surface area contributed by atoms with Crippen molar-refractivity contribution in [1.82, 2.24) is 108 Å². The van der Waals surface area contributed by atoms with Crippen molar-refractivity contribution in [2.75, 3.05) is 34.1 Å². The number of imidazole rings is 4. The van der Waals surface area contributed by atoms with Gasteiger partial charge in [-0.05, 0) is 216 Å². The number of nitrogens with zero attached hydrogens (tertiary/aromatic N) is 20. The average Bonchev–Trinajstić information content (AvgIpc) is 1.57. The monoisotopic (exact) mass is 1940 g/mol. The molecule has 678 valence electrons. The van der Waals surface area contributed by atoms with Gasteiger partial charge in [-0.1, -0.05) is 172 Å². The van der Waals surface area contributed by atoms with Crippen LogP contribution >= 0.6 is 57.1 Å². The minimum atomic E-state index is -3.95. The molecule has 4 aliphatic rings. The summed E-state index contributed by atoms with van der Waals surface area (Å²) < 4.78 is 80.5. The SMILES string of the molecule is CC(C)n1cc(N)nn1.C[O-].Cc1ccc(S(=O)(=O)Cl)cc1.Cc1ccc(S(=O)(=O)n2cnc3c(N[C@H]4CCc5ccccc54)nc(Cl)nc32)cc1.Cc1ccc(S(=O)(=O)n2cnc3c(N[C@H]4CCc5ccccc54)nc(Nc4cn(C(C)C)nn4)nc32)cc1.Clc1nc(Cl)c2[nH]cnc2n1.Clc1nc(N[C@H]2CCc3ccccc32)c2[nH]cnc2n1.N[C@H]1CCc2ccccc21.[Na+]. The van der Waals surface area contributed by atoms with Gasteiger partial charge >= 0.3 is 29.6 Å². The van der Waals surface area contributed by atoms with E-state index >= 15 is 0 Å². The van der Waals surface area contributed by atoms with E-state index in [-0.39, 0.29) is 107 Å². The third kappa shape index (κ3) is 23.3. The summed E-state index contributed by atoms with van der Waals surface area (Å²) in [7, 11) is -5.54. The molecule has 35 nitrogen and oxygen atoms in total. The second-order valence-electron chi connectivity index (χ2n) is 31.0. The van der Waals surface area contributed by atoms with Crippen LogP contribution in [0.5, 0.6) is 0 Å². The molecule has 10 aromatic heterocycles. The first-order valence-corrected chi connectivity index (χ1v) is 47.9. The Morgan fingerprint density at radius 3 is 1.28 bits per heavy atom. The molecule has 10 heterocycles. The molecule has 0 unspecified atom stereocenters. The predicted molar refractivity (Wildman–Crippen MR) is 505 cm³/mol. The van der Waals surface area contributed by atoms with Gasteiger partial charge in [-0.2, -0.15) is 42.0 Å². The summed E-state index contributed by atoms with van der Waals surface area (Å²) in [4.78, 5) is 56.6. The van der Waals surface area contributed by atoms with Crippen molar-refractivity contribution >= 4 is 166 Å². The average molecular weight is 1950 g/mol. The number of nitrogen functional groups attached to an aromatic ring is 1. The van der Waals surface area contributed by atoms with Crippen LogP contribution in [0.1, 0.15) is 151 Å². The summed E-state index contributed by atoms with van der Waals surface area (Å²) in [5.41, 5.74) is 28.1. The number of nitrogens with one attached hydrogen (secondary N) is 6. The molecule has 7 aromatic carbocycles. The molecule has 0 fully saturated rings. The standard InChI is InChI=1S/C26H27N9O2S.C21H18ClN5O2S.C14H12ClN5.C9H11N.C7H7ClO2S.C5H2Cl2N4.C5H10N4.CH3O.Na/c1-16(2)34-14-22(32-33-34)29-26-30-24(28-21-13-10-18-6-4-5-7-20(18)21)23-25(31-26)35(15-27-23)38(36,37)19-11-8-17(3)9-12-19;1-13-6-9-15(10-7-13)30(28,29)27-12-23-18-19(25-21(22)26-20(18)27)24-17-11-8-14-4-2-3-5-16(14)17;15-14-19-12-11(16-7-17-12)13(20-14)18-10-6-5-8-3-1-2-4-9(8)10;10-9-6-5-7-3-1-2-4-8(7)9;1-6-2-4-7(5-3-6)11(8,9)10;6-3-2-4(9-1-8-2)11-5(7)10-3;1-4(2)9-3-5(6)7-8-9;1-2;/h4-9,11-12,14-16,21H,10,13H2,1-3H3,(H2,28,29,30,31);2-7,9-10,12,17H,8,11H2,1H3,(H,24,25,26);1-4,7,10H,5-6H2,(H2,16,17,18,19,20);1-4,9H,5-6,10H2;2-5H,1H3;1H,(H,8,9,10,11);3-4H,6H2,1-2H3;1H3;/q;;;;;;;-1;+1/t21-;17-;10-;9-;;;;;/m0000...../s1. The summed E-state index contributed by atoms with van der Waals surface area (Å²) in [5, 5.41) is 37.9.